The molecule has 0 saturated carbocycles. The highest BCUT2D eigenvalue weighted by molar-refractivity contribution is 5.27. The second-order valence-corrected chi connectivity index (χ2v) is 4.90. The fourth-order valence-electron chi connectivity index (χ4n) is 2.09. The molecule has 0 fully saturated rings. The molecular weight excluding hydrogens is 196 g/mol. The molecule has 2 N–H and O–H groups in total. The molecule has 0 amide bonds. The van der Waals surface area contributed by atoms with Gasteiger partial charge in [0.1, 0.15) is 0 Å². The third-order valence-corrected chi connectivity index (χ3v) is 2.65. The van der Waals surface area contributed by atoms with Gasteiger partial charge in [0, 0.05) is 13.1 Å². The van der Waals surface area contributed by atoms with Crippen molar-refractivity contribution < 1.29 is 0 Å². The maximum atomic E-state index is 5.63. The number of hydrogen-bond donors (Lipinski definition) is 1. The van der Waals surface area contributed by atoms with Crippen LogP contribution in [-0.4, -0.2) is 25.0 Å². The SMILES string of the molecule is CC(C)CN(C)Cc1ccccc1CCN. The van der Waals surface area contributed by atoms with Gasteiger partial charge < -0.3 is 10.6 Å². The first-order chi connectivity index (χ1) is 7.63. The lowest BCUT2D eigenvalue weighted by molar-refractivity contribution is 0.287. The summed E-state index contributed by atoms with van der Waals surface area (Å²) < 4.78 is 0. The Morgan fingerprint density at radius 3 is 2.38 bits per heavy atom. The number of rotatable bonds is 6. The van der Waals surface area contributed by atoms with Crippen molar-refractivity contribution in [3.63, 3.8) is 0 Å². The molecule has 0 radical (unpaired) electrons. The molecule has 2 heteroatoms. The van der Waals surface area contributed by atoms with Gasteiger partial charge in [0.05, 0.1) is 0 Å². The van der Waals surface area contributed by atoms with Crippen LogP contribution in [0.1, 0.15) is 25.0 Å². The normalized spacial score (nSPS) is 11.4. The maximum absolute atomic E-state index is 5.63. The number of hydrogen-bond acceptors (Lipinski definition) is 2. The molecule has 1 aromatic carbocycles. The highest BCUT2D eigenvalue weighted by Crippen LogP contribution is 2.12. The van der Waals surface area contributed by atoms with E-state index < -0.39 is 0 Å². The maximum Gasteiger partial charge on any atom is 0.0233 e. The molecule has 16 heavy (non-hydrogen) atoms. The van der Waals surface area contributed by atoms with Crippen LogP contribution in [0.2, 0.25) is 0 Å². The van der Waals surface area contributed by atoms with Crippen molar-refractivity contribution in [2.45, 2.75) is 26.8 Å². The molecule has 0 unspecified atom stereocenters. The summed E-state index contributed by atoms with van der Waals surface area (Å²) >= 11 is 0. The van der Waals surface area contributed by atoms with E-state index in [0.717, 1.165) is 26.1 Å². The summed E-state index contributed by atoms with van der Waals surface area (Å²) in [5.74, 6) is 0.715. The van der Waals surface area contributed by atoms with Crippen LogP contribution in [0.25, 0.3) is 0 Å². The Hall–Kier alpha value is -0.860. The summed E-state index contributed by atoms with van der Waals surface area (Å²) in [6, 6.07) is 8.60. The van der Waals surface area contributed by atoms with Crippen molar-refractivity contribution in [3.05, 3.63) is 35.4 Å². The average molecular weight is 220 g/mol. The van der Waals surface area contributed by atoms with Crippen LogP contribution < -0.4 is 5.73 Å². The molecule has 0 atom stereocenters. The minimum absolute atomic E-state index is 0.715. The van der Waals surface area contributed by atoms with Gasteiger partial charge in [-0.2, -0.15) is 0 Å². The monoisotopic (exact) mass is 220 g/mol. The third-order valence-electron chi connectivity index (χ3n) is 2.65. The second-order valence-electron chi connectivity index (χ2n) is 4.90. The van der Waals surface area contributed by atoms with Crippen molar-refractivity contribution in [3.8, 4) is 0 Å². The van der Waals surface area contributed by atoms with Gasteiger partial charge in [0.2, 0.25) is 0 Å². The average Bonchev–Trinajstić information content (AvgIpc) is 2.20. The van der Waals surface area contributed by atoms with Crippen molar-refractivity contribution >= 4 is 0 Å². The van der Waals surface area contributed by atoms with Crippen LogP contribution in [0.5, 0.6) is 0 Å². The van der Waals surface area contributed by atoms with Crippen LogP contribution in [0, 0.1) is 5.92 Å². The molecule has 0 aliphatic heterocycles. The first kappa shape index (κ1) is 13.2. The Morgan fingerprint density at radius 1 is 1.19 bits per heavy atom. The van der Waals surface area contributed by atoms with Crippen LogP contribution in [0.4, 0.5) is 0 Å². The van der Waals surface area contributed by atoms with E-state index in [1.807, 2.05) is 0 Å². The first-order valence-electron chi connectivity index (χ1n) is 6.09. The van der Waals surface area contributed by atoms with Crippen LogP contribution in [-0.2, 0) is 13.0 Å². The Balaban J connectivity index is 2.64. The van der Waals surface area contributed by atoms with E-state index >= 15 is 0 Å². The highest BCUT2D eigenvalue weighted by atomic mass is 15.1. The largest absolute Gasteiger partial charge is 0.330 e. The summed E-state index contributed by atoms with van der Waals surface area (Å²) in [6.07, 6.45) is 0.978. The number of benzene rings is 1. The van der Waals surface area contributed by atoms with Gasteiger partial charge in [-0.3, -0.25) is 0 Å². The summed E-state index contributed by atoms with van der Waals surface area (Å²) in [5, 5.41) is 0. The van der Waals surface area contributed by atoms with Gasteiger partial charge in [0.25, 0.3) is 0 Å². The molecule has 0 heterocycles. The lowest BCUT2D eigenvalue weighted by Gasteiger charge is -2.20. The minimum atomic E-state index is 0.715. The van der Waals surface area contributed by atoms with Crippen molar-refractivity contribution in [1.82, 2.24) is 4.90 Å². The Kier molecular flexibility index (Phi) is 5.50. The predicted molar refractivity (Wildman–Crippen MR) is 70.4 cm³/mol. The Morgan fingerprint density at radius 2 is 1.81 bits per heavy atom. The van der Waals surface area contributed by atoms with Gasteiger partial charge in [0.15, 0.2) is 0 Å². The molecule has 0 saturated heterocycles. The molecule has 1 rings (SSSR count). The summed E-state index contributed by atoms with van der Waals surface area (Å²) in [7, 11) is 2.18. The van der Waals surface area contributed by atoms with E-state index in [9.17, 15) is 0 Å². The first-order valence-corrected chi connectivity index (χ1v) is 6.09. The zero-order chi connectivity index (χ0) is 12.0. The van der Waals surface area contributed by atoms with Gasteiger partial charge in [-0.15, -0.1) is 0 Å². The van der Waals surface area contributed by atoms with Gasteiger partial charge >= 0.3 is 0 Å². The van der Waals surface area contributed by atoms with Crippen molar-refractivity contribution in [2.24, 2.45) is 11.7 Å². The zero-order valence-electron chi connectivity index (χ0n) is 10.7. The highest BCUT2D eigenvalue weighted by Gasteiger charge is 2.06. The predicted octanol–water partition coefficient (Wildman–Crippen LogP) is 2.28. The second kappa shape index (κ2) is 6.66. The van der Waals surface area contributed by atoms with Crippen LogP contribution in [0.3, 0.4) is 0 Å². The molecule has 1 aromatic rings. The van der Waals surface area contributed by atoms with E-state index in [1.54, 1.807) is 0 Å². The standard InChI is InChI=1S/C14H24N2/c1-12(2)10-16(3)11-14-7-5-4-6-13(14)8-9-15/h4-7,12H,8-11,15H2,1-3H3. The van der Waals surface area contributed by atoms with E-state index in [2.05, 4.69) is 50.1 Å². The van der Waals surface area contributed by atoms with E-state index in [4.69, 9.17) is 5.73 Å². The summed E-state index contributed by atoms with van der Waals surface area (Å²) in [6.45, 7) is 7.39. The molecule has 0 aliphatic carbocycles. The fourth-order valence-corrected chi connectivity index (χ4v) is 2.09. The van der Waals surface area contributed by atoms with Crippen molar-refractivity contribution in [2.75, 3.05) is 20.1 Å². The quantitative estimate of drug-likeness (QED) is 0.797. The van der Waals surface area contributed by atoms with E-state index in [0.29, 0.717) is 5.92 Å². The lowest BCUT2D eigenvalue weighted by atomic mass is 10.0. The molecule has 0 aliphatic rings. The summed E-state index contributed by atoms with van der Waals surface area (Å²) in [5.41, 5.74) is 8.43. The fraction of sp³-hybridized carbons (Fsp3) is 0.571. The topological polar surface area (TPSA) is 29.3 Å². The van der Waals surface area contributed by atoms with Crippen LogP contribution >= 0.6 is 0 Å². The van der Waals surface area contributed by atoms with Crippen molar-refractivity contribution in [1.29, 1.82) is 0 Å². The Labute approximate surface area is 99.5 Å². The number of nitrogens with two attached hydrogens (primary N) is 1. The molecule has 0 bridgehead atoms. The smallest absolute Gasteiger partial charge is 0.0233 e. The molecular formula is C14H24N2. The molecule has 2 nitrogen and oxygen atoms in total. The number of nitrogens with zero attached hydrogens (tertiary/aromatic N) is 1. The Bertz CT molecular complexity index is 307. The third kappa shape index (κ3) is 4.33. The zero-order valence-corrected chi connectivity index (χ0v) is 10.7. The molecule has 0 spiro atoms. The van der Waals surface area contributed by atoms with E-state index in [1.165, 1.54) is 11.1 Å². The van der Waals surface area contributed by atoms with Gasteiger partial charge in [-0.1, -0.05) is 38.1 Å². The van der Waals surface area contributed by atoms with Gasteiger partial charge in [-0.05, 0) is 37.1 Å². The van der Waals surface area contributed by atoms with E-state index in [-0.39, 0.29) is 0 Å². The minimum Gasteiger partial charge on any atom is -0.330 e. The van der Waals surface area contributed by atoms with Crippen LogP contribution in [0.15, 0.2) is 24.3 Å². The summed E-state index contributed by atoms with van der Waals surface area (Å²) in [4.78, 5) is 2.38. The molecule has 90 valence electrons. The van der Waals surface area contributed by atoms with Gasteiger partial charge in [-0.25, -0.2) is 0 Å². The lowest BCUT2D eigenvalue weighted by Crippen LogP contribution is -2.23. The molecule has 0 aromatic heterocycles.